The van der Waals surface area contributed by atoms with Crippen molar-refractivity contribution in [3.63, 3.8) is 0 Å². The molecule has 3 aromatic rings. The average Bonchev–Trinajstić information content (AvgIpc) is 2.97. The van der Waals surface area contributed by atoms with Gasteiger partial charge in [-0.25, -0.2) is 0 Å². The SMILES string of the molecule is CC.CC.CC(C)(C)c1cc(-c2ccccc2)c2c(c1)-c1ccc(O)cc1C2(C)C. The predicted molar refractivity (Wildman–Crippen MR) is 133 cm³/mol. The van der Waals surface area contributed by atoms with Crippen LogP contribution in [0.25, 0.3) is 22.3 Å². The monoisotopic (exact) mass is 402 g/mol. The van der Waals surface area contributed by atoms with Crippen molar-refractivity contribution < 1.29 is 5.11 Å². The summed E-state index contributed by atoms with van der Waals surface area (Å²) < 4.78 is 0. The standard InChI is InChI=1S/C25H26O.2C2H6/c1-24(2,3)17-13-20(16-9-7-6-8-10-16)23-21(14-17)19-12-11-18(26)15-22(19)25(23,4)5;2*1-2/h6-15,26H,1-5H3;2*1-2H3. The van der Waals surface area contributed by atoms with Gasteiger partial charge < -0.3 is 5.11 Å². The van der Waals surface area contributed by atoms with Gasteiger partial charge in [-0.15, -0.1) is 0 Å². The Morgan fingerprint density at radius 1 is 0.700 bits per heavy atom. The third-order valence-corrected chi connectivity index (χ3v) is 5.68. The Balaban J connectivity index is 0.000000757. The van der Waals surface area contributed by atoms with Crippen LogP contribution < -0.4 is 0 Å². The van der Waals surface area contributed by atoms with Crippen LogP contribution in [-0.2, 0) is 10.8 Å². The summed E-state index contributed by atoms with van der Waals surface area (Å²) in [7, 11) is 0. The van der Waals surface area contributed by atoms with Crippen molar-refractivity contribution in [3.8, 4) is 28.0 Å². The van der Waals surface area contributed by atoms with Crippen LogP contribution >= 0.6 is 0 Å². The molecular formula is C29H38O. The van der Waals surface area contributed by atoms with E-state index in [1.54, 1.807) is 6.07 Å². The first-order chi connectivity index (χ1) is 14.2. The molecule has 0 aromatic heterocycles. The fraction of sp³-hybridized carbons (Fsp3) is 0.379. The summed E-state index contributed by atoms with van der Waals surface area (Å²) in [6, 6.07) is 21.2. The Bertz CT molecular complexity index is 989. The molecule has 30 heavy (non-hydrogen) atoms. The van der Waals surface area contributed by atoms with E-state index in [0.717, 1.165) is 0 Å². The van der Waals surface area contributed by atoms with Crippen molar-refractivity contribution >= 4 is 0 Å². The zero-order valence-electron chi connectivity index (χ0n) is 20.2. The molecule has 0 atom stereocenters. The maximum absolute atomic E-state index is 10.1. The van der Waals surface area contributed by atoms with E-state index in [-0.39, 0.29) is 10.8 Å². The predicted octanol–water partition coefficient (Wildman–Crippen LogP) is 8.72. The molecule has 0 saturated carbocycles. The average molecular weight is 403 g/mol. The van der Waals surface area contributed by atoms with E-state index in [0.29, 0.717) is 5.75 Å². The molecule has 1 nitrogen and oxygen atoms in total. The molecule has 0 spiro atoms. The summed E-state index contributed by atoms with van der Waals surface area (Å²) >= 11 is 0. The lowest BCUT2D eigenvalue weighted by Gasteiger charge is -2.27. The maximum Gasteiger partial charge on any atom is 0.115 e. The van der Waals surface area contributed by atoms with Crippen LogP contribution in [0.1, 0.15) is 79.0 Å². The number of phenolic OH excluding ortho intramolecular Hbond substituents is 1. The number of rotatable bonds is 1. The van der Waals surface area contributed by atoms with Crippen LogP contribution in [-0.4, -0.2) is 5.11 Å². The fourth-order valence-corrected chi connectivity index (χ4v) is 4.23. The van der Waals surface area contributed by atoms with Crippen molar-refractivity contribution in [2.75, 3.05) is 0 Å². The summed E-state index contributed by atoms with van der Waals surface area (Å²) in [5.74, 6) is 0.335. The highest BCUT2D eigenvalue weighted by atomic mass is 16.3. The third-order valence-electron chi connectivity index (χ3n) is 5.68. The largest absolute Gasteiger partial charge is 0.508 e. The lowest BCUT2D eigenvalue weighted by molar-refractivity contribution is 0.473. The molecule has 0 bridgehead atoms. The van der Waals surface area contributed by atoms with Crippen molar-refractivity contribution in [2.24, 2.45) is 0 Å². The minimum atomic E-state index is -0.148. The molecular weight excluding hydrogens is 364 g/mol. The van der Waals surface area contributed by atoms with Crippen LogP contribution in [0.4, 0.5) is 0 Å². The molecule has 0 radical (unpaired) electrons. The van der Waals surface area contributed by atoms with E-state index in [9.17, 15) is 5.11 Å². The van der Waals surface area contributed by atoms with E-state index in [1.165, 1.54) is 38.9 Å². The van der Waals surface area contributed by atoms with Gasteiger partial charge in [0, 0.05) is 5.41 Å². The van der Waals surface area contributed by atoms with Crippen LogP contribution in [0.3, 0.4) is 0 Å². The topological polar surface area (TPSA) is 20.2 Å². The second kappa shape index (κ2) is 9.08. The summed E-state index contributed by atoms with van der Waals surface area (Å²) in [6.45, 7) is 19.3. The number of phenols is 1. The van der Waals surface area contributed by atoms with Crippen LogP contribution in [0.15, 0.2) is 60.7 Å². The summed E-state index contributed by atoms with van der Waals surface area (Å²) in [5, 5.41) is 10.1. The zero-order chi connectivity index (χ0) is 22.7. The van der Waals surface area contributed by atoms with Gasteiger partial charge in [-0.1, -0.05) is 111 Å². The molecule has 0 heterocycles. The quantitative estimate of drug-likeness (QED) is 0.431. The van der Waals surface area contributed by atoms with E-state index in [1.807, 2.05) is 33.8 Å². The molecule has 4 rings (SSSR count). The number of benzene rings is 3. The van der Waals surface area contributed by atoms with Crippen LogP contribution in [0.5, 0.6) is 5.75 Å². The number of fused-ring (bicyclic) bond motifs is 3. The molecule has 160 valence electrons. The van der Waals surface area contributed by atoms with E-state index < -0.39 is 0 Å². The van der Waals surface area contributed by atoms with Crippen molar-refractivity contribution in [3.05, 3.63) is 77.4 Å². The second-order valence-electron chi connectivity index (χ2n) is 8.92. The highest BCUT2D eigenvalue weighted by molar-refractivity contribution is 5.89. The lowest BCUT2D eigenvalue weighted by Crippen LogP contribution is -2.18. The summed E-state index contributed by atoms with van der Waals surface area (Å²) in [4.78, 5) is 0. The normalized spacial score (nSPS) is 13.2. The molecule has 1 aliphatic carbocycles. The first kappa shape index (κ1) is 23.7. The van der Waals surface area contributed by atoms with Crippen LogP contribution in [0.2, 0.25) is 0 Å². The van der Waals surface area contributed by atoms with Crippen molar-refractivity contribution in [2.45, 2.75) is 73.1 Å². The smallest absolute Gasteiger partial charge is 0.115 e. The van der Waals surface area contributed by atoms with Gasteiger partial charge >= 0.3 is 0 Å². The number of hydrogen-bond donors (Lipinski definition) is 1. The van der Waals surface area contributed by atoms with Gasteiger partial charge in [0.25, 0.3) is 0 Å². The first-order valence-corrected chi connectivity index (χ1v) is 11.3. The summed E-state index contributed by atoms with van der Waals surface area (Å²) in [5.41, 5.74) is 8.92. The zero-order valence-corrected chi connectivity index (χ0v) is 20.2. The second-order valence-corrected chi connectivity index (χ2v) is 8.92. The van der Waals surface area contributed by atoms with E-state index in [4.69, 9.17) is 0 Å². The Kier molecular flexibility index (Phi) is 7.18. The Labute approximate surface area is 183 Å². The molecule has 0 amide bonds. The fourth-order valence-electron chi connectivity index (χ4n) is 4.23. The van der Waals surface area contributed by atoms with Gasteiger partial charge in [0.2, 0.25) is 0 Å². The van der Waals surface area contributed by atoms with Crippen LogP contribution in [0, 0.1) is 0 Å². The van der Waals surface area contributed by atoms with Gasteiger partial charge in [0.15, 0.2) is 0 Å². The number of aromatic hydroxyl groups is 1. The van der Waals surface area contributed by atoms with E-state index in [2.05, 4.69) is 83.1 Å². The van der Waals surface area contributed by atoms with Gasteiger partial charge in [0.05, 0.1) is 0 Å². The Hall–Kier alpha value is -2.54. The van der Waals surface area contributed by atoms with E-state index >= 15 is 0 Å². The third kappa shape index (κ3) is 4.17. The molecule has 1 heteroatoms. The molecule has 3 aromatic carbocycles. The molecule has 1 aliphatic rings. The summed E-state index contributed by atoms with van der Waals surface area (Å²) in [6.07, 6.45) is 0. The van der Waals surface area contributed by atoms with Gasteiger partial charge in [-0.05, 0) is 56.5 Å². The molecule has 0 fully saturated rings. The molecule has 0 saturated heterocycles. The van der Waals surface area contributed by atoms with Crippen molar-refractivity contribution in [1.82, 2.24) is 0 Å². The molecule has 0 aliphatic heterocycles. The minimum Gasteiger partial charge on any atom is -0.508 e. The van der Waals surface area contributed by atoms with Crippen molar-refractivity contribution in [1.29, 1.82) is 0 Å². The lowest BCUT2D eigenvalue weighted by atomic mass is 9.76. The minimum absolute atomic E-state index is 0.0718. The Morgan fingerprint density at radius 2 is 1.27 bits per heavy atom. The molecule has 0 unspecified atom stereocenters. The van der Waals surface area contributed by atoms with Gasteiger partial charge in [0.1, 0.15) is 5.75 Å². The first-order valence-electron chi connectivity index (χ1n) is 11.3. The molecule has 1 N–H and O–H groups in total. The number of hydrogen-bond acceptors (Lipinski definition) is 1. The maximum atomic E-state index is 10.1. The van der Waals surface area contributed by atoms with Gasteiger partial charge in [-0.2, -0.15) is 0 Å². The highest BCUT2D eigenvalue weighted by Gasteiger charge is 2.38. The Morgan fingerprint density at radius 3 is 1.83 bits per heavy atom. The highest BCUT2D eigenvalue weighted by Crippen LogP contribution is 2.54. The van der Waals surface area contributed by atoms with Gasteiger partial charge in [-0.3, -0.25) is 0 Å².